The molecule has 0 N–H and O–H groups in total. The van der Waals surface area contributed by atoms with Crippen LogP contribution in [0.25, 0.3) is 0 Å². The molecule has 1 heterocycles. The van der Waals surface area contributed by atoms with Gasteiger partial charge in [0.05, 0.1) is 0 Å². The third-order valence-corrected chi connectivity index (χ3v) is 1.72. The third-order valence-electron chi connectivity index (χ3n) is 1.72. The van der Waals surface area contributed by atoms with Crippen LogP contribution in [0.2, 0.25) is 0 Å². The minimum atomic E-state index is 0.0671. The lowest BCUT2D eigenvalue weighted by Crippen LogP contribution is -2.17. The summed E-state index contributed by atoms with van der Waals surface area (Å²) in [5.74, 6) is 0. The van der Waals surface area contributed by atoms with Crippen LogP contribution >= 0.6 is 0 Å². The summed E-state index contributed by atoms with van der Waals surface area (Å²) < 4.78 is 0. The lowest BCUT2D eigenvalue weighted by molar-refractivity contribution is 0.0850. The fraction of sp³-hybridized carbons (Fsp3) is 1.00. The summed E-state index contributed by atoms with van der Waals surface area (Å²) in [5.41, 5.74) is 0.217. The van der Waals surface area contributed by atoms with Crippen molar-refractivity contribution in [3.05, 3.63) is 0 Å². The van der Waals surface area contributed by atoms with E-state index in [0.29, 0.717) is 0 Å². The van der Waals surface area contributed by atoms with Crippen LogP contribution in [-0.2, 0) is 9.78 Å². The van der Waals surface area contributed by atoms with Gasteiger partial charge in [-0.15, -0.1) is 0 Å². The Morgan fingerprint density at radius 2 is 1.89 bits per heavy atom. The first-order valence-electron chi connectivity index (χ1n) is 3.49. The van der Waals surface area contributed by atoms with Crippen molar-refractivity contribution in [3.8, 4) is 0 Å². The first-order chi connectivity index (χ1) is 4.17. The van der Waals surface area contributed by atoms with Gasteiger partial charge in [0.1, 0.15) is 0 Å². The second-order valence-corrected chi connectivity index (χ2v) is 3.26. The van der Waals surface area contributed by atoms with Crippen molar-refractivity contribution >= 4 is 0 Å². The molecule has 1 rings (SSSR count). The summed E-state index contributed by atoms with van der Waals surface area (Å²) in [6.07, 6.45) is 2.42. The highest BCUT2D eigenvalue weighted by atomic mass is 17.4. The smallest absolute Gasteiger partial charge is 0.198 e. The molecule has 0 bridgehead atoms. The van der Waals surface area contributed by atoms with E-state index in [2.05, 4.69) is 20.8 Å². The van der Waals surface area contributed by atoms with Gasteiger partial charge >= 0.3 is 0 Å². The molecule has 2 heteroatoms. The van der Waals surface area contributed by atoms with E-state index in [1.165, 1.54) is 6.42 Å². The number of rotatable bonds is 3. The van der Waals surface area contributed by atoms with Crippen molar-refractivity contribution in [1.82, 2.24) is 0 Å². The normalized spacial score (nSPS) is 20.3. The Hall–Kier alpha value is -0.0800. The molecule has 1 aliphatic heterocycles. The van der Waals surface area contributed by atoms with Crippen LogP contribution < -0.4 is 0 Å². The summed E-state index contributed by atoms with van der Waals surface area (Å²) in [5, 5.41) is 0. The molecular weight excluding hydrogens is 116 g/mol. The molecule has 9 heavy (non-hydrogen) atoms. The molecule has 0 atom stereocenters. The van der Waals surface area contributed by atoms with E-state index in [-0.39, 0.29) is 11.7 Å². The van der Waals surface area contributed by atoms with E-state index in [9.17, 15) is 0 Å². The molecule has 0 saturated carbocycles. The van der Waals surface area contributed by atoms with Crippen molar-refractivity contribution in [1.29, 1.82) is 0 Å². The summed E-state index contributed by atoms with van der Waals surface area (Å²) in [7, 11) is 0. The predicted molar refractivity (Wildman–Crippen MR) is 34.6 cm³/mol. The Balaban J connectivity index is 2.30. The monoisotopic (exact) mass is 130 g/mol. The Morgan fingerprint density at radius 1 is 1.33 bits per heavy atom. The van der Waals surface area contributed by atoms with Gasteiger partial charge in [0, 0.05) is 5.41 Å². The molecule has 0 spiro atoms. The Labute approximate surface area is 56.1 Å². The zero-order chi connectivity index (χ0) is 6.91. The van der Waals surface area contributed by atoms with Crippen molar-refractivity contribution < 1.29 is 9.78 Å². The van der Waals surface area contributed by atoms with Gasteiger partial charge in [-0.1, -0.05) is 27.2 Å². The maximum absolute atomic E-state index is 4.73. The van der Waals surface area contributed by atoms with E-state index in [0.717, 1.165) is 6.42 Å². The largest absolute Gasteiger partial charge is 0.229 e. The lowest BCUT2D eigenvalue weighted by Gasteiger charge is -2.17. The van der Waals surface area contributed by atoms with E-state index in [4.69, 9.17) is 9.78 Å². The summed E-state index contributed by atoms with van der Waals surface area (Å²) in [6, 6.07) is 0. The molecule has 1 aliphatic rings. The van der Waals surface area contributed by atoms with Crippen LogP contribution in [0.15, 0.2) is 0 Å². The van der Waals surface area contributed by atoms with Crippen LogP contribution in [0.5, 0.6) is 0 Å². The van der Waals surface area contributed by atoms with Crippen LogP contribution in [0, 0.1) is 5.41 Å². The Morgan fingerprint density at radius 3 is 2.22 bits per heavy atom. The molecule has 0 amide bonds. The molecular formula is C7H14O2. The SMILES string of the molecule is CCCC(C)(C)C1OO1. The maximum atomic E-state index is 4.73. The van der Waals surface area contributed by atoms with Crippen molar-refractivity contribution in [2.45, 2.75) is 39.9 Å². The van der Waals surface area contributed by atoms with E-state index in [1.54, 1.807) is 0 Å². The van der Waals surface area contributed by atoms with Gasteiger partial charge in [0.25, 0.3) is 0 Å². The highest BCUT2D eigenvalue weighted by Gasteiger charge is 2.41. The van der Waals surface area contributed by atoms with Gasteiger partial charge < -0.3 is 0 Å². The molecule has 1 fully saturated rings. The quantitative estimate of drug-likeness (QED) is 0.431. The third kappa shape index (κ3) is 1.66. The highest BCUT2D eigenvalue weighted by molar-refractivity contribution is 4.74. The zero-order valence-corrected chi connectivity index (χ0v) is 6.31. The summed E-state index contributed by atoms with van der Waals surface area (Å²) in [6.45, 7) is 6.49. The number of hydrogen-bond acceptors (Lipinski definition) is 2. The van der Waals surface area contributed by atoms with Gasteiger partial charge in [-0.2, -0.15) is 9.78 Å². The van der Waals surface area contributed by atoms with Crippen LogP contribution in [0.4, 0.5) is 0 Å². The molecule has 0 aromatic carbocycles. The Bertz CT molecular complexity index is 95.1. The standard InChI is InChI=1S/C7H14O2/c1-4-5-7(2,3)6-8-9-6/h6H,4-5H2,1-3H3. The molecule has 1 saturated heterocycles. The first kappa shape index (κ1) is 7.03. The molecule has 0 aromatic rings. The van der Waals surface area contributed by atoms with Gasteiger partial charge in [-0.05, 0) is 6.42 Å². The fourth-order valence-corrected chi connectivity index (χ4v) is 1.05. The predicted octanol–water partition coefficient (Wildman–Crippen LogP) is 2.10. The summed E-state index contributed by atoms with van der Waals surface area (Å²) in [4.78, 5) is 9.45. The second-order valence-electron chi connectivity index (χ2n) is 3.26. The molecule has 54 valence electrons. The highest BCUT2D eigenvalue weighted by Crippen LogP contribution is 2.37. The molecule has 0 unspecified atom stereocenters. The van der Waals surface area contributed by atoms with Crippen LogP contribution in [0.1, 0.15) is 33.6 Å². The summed E-state index contributed by atoms with van der Waals surface area (Å²) >= 11 is 0. The lowest BCUT2D eigenvalue weighted by atomic mass is 9.88. The molecule has 0 radical (unpaired) electrons. The van der Waals surface area contributed by atoms with Crippen LogP contribution in [-0.4, -0.2) is 6.29 Å². The fourth-order valence-electron chi connectivity index (χ4n) is 1.05. The minimum Gasteiger partial charge on any atom is -0.198 e. The van der Waals surface area contributed by atoms with E-state index >= 15 is 0 Å². The molecule has 0 aromatic heterocycles. The number of hydrogen-bond donors (Lipinski definition) is 0. The molecule has 2 nitrogen and oxygen atoms in total. The van der Waals surface area contributed by atoms with Crippen molar-refractivity contribution in [3.63, 3.8) is 0 Å². The van der Waals surface area contributed by atoms with E-state index in [1.807, 2.05) is 0 Å². The topological polar surface area (TPSA) is 25.1 Å². The van der Waals surface area contributed by atoms with Crippen LogP contribution in [0.3, 0.4) is 0 Å². The average Bonchev–Trinajstić information content (AvgIpc) is 2.41. The van der Waals surface area contributed by atoms with Gasteiger partial charge in [0.2, 0.25) is 6.29 Å². The average molecular weight is 130 g/mol. The second kappa shape index (κ2) is 2.27. The van der Waals surface area contributed by atoms with Crippen molar-refractivity contribution in [2.75, 3.05) is 0 Å². The van der Waals surface area contributed by atoms with Crippen molar-refractivity contribution in [2.24, 2.45) is 5.41 Å². The first-order valence-corrected chi connectivity index (χ1v) is 3.49. The minimum absolute atomic E-state index is 0.0671. The van der Waals surface area contributed by atoms with Gasteiger partial charge in [-0.3, -0.25) is 0 Å². The van der Waals surface area contributed by atoms with Gasteiger partial charge in [0.15, 0.2) is 0 Å². The van der Waals surface area contributed by atoms with E-state index < -0.39 is 0 Å². The zero-order valence-electron chi connectivity index (χ0n) is 6.31. The maximum Gasteiger partial charge on any atom is 0.229 e. The van der Waals surface area contributed by atoms with Gasteiger partial charge in [-0.25, -0.2) is 0 Å². The Kier molecular flexibility index (Phi) is 1.78. The molecule has 0 aliphatic carbocycles.